The Hall–Kier alpha value is -0.170. The minimum Gasteiger partial charge on any atom is -0.320 e. The molecule has 0 aliphatic rings. The van der Waals surface area contributed by atoms with Gasteiger partial charge in [-0.3, -0.25) is 9.11 Å². The van der Waals surface area contributed by atoms with Crippen LogP contribution >= 0.6 is 0 Å². The van der Waals surface area contributed by atoms with Crippen molar-refractivity contribution in [2.45, 2.75) is 71.1 Å². The van der Waals surface area contributed by atoms with Gasteiger partial charge in [-0.25, -0.2) is 0 Å². The van der Waals surface area contributed by atoms with Crippen LogP contribution in [0.3, 0.4) is 0 Å². The molecule has 0 aliphatic heterocycles. The van der Waals surface area contributed by atoms with Gasteiger partial charge in [0.25, 0.3) is 0 Å². The molecule has 0 aromatic heterocycles. The maximum absolute atomic E-state index is 8.74. The highest BCUT2D eigenvalue weighted by Crippen LogP contribution is 2.09. The second kappa shape index (κ2) is 15.9. The summed E-state index contributed by atoms with van der Waals surface area (Å²) in [5.41, 5.74) is 0. The molecule has 0 fully saturated rings. The first-order valence-electron chi connectivity index (χ1n) is 7.26. The van der Waals surface area contributed by atoms with E-state index in [4.69, 9.17) is 17.5 Å². The summed E-state index contributed by atoms with van der Waals surface area (Å²) < 4.78 is 31.6. The minimum atomic E-state index is -4.67. The molecule has 0 saturated heterocycles. The number of hydrogen-bond acceptors (Lipinski definition) is 3. The Morgan fingerprint density at radius 2 is 1.11 bits per heavy atom. The molecule has 0 unspecified atom stereocenters. The van der Waals surface area contributed by atoms with E-state index in [1.807, 2.05) is 7.05 Å². The molecule has 0 aliphatic carbocycles. The highest BCUT2D eigenvalue weighted by Gasteiger charge is 1.91. The third-order valence-corrected chi connectivity index (χ3v) is 2.78. The lowest BCUT2D eigenvalue weighted by atomic mass is 10.1. The summed E-state index contributed by atoms with van der Waals surface area (Å²) in [7, 11) is -2.63. The standard InChI is InChI=1S/C13H29N.H2O4S/c1-3-4-5-6-7-8-9-10-11-12-13-14-2;1-5(2,3)4/h14H,3-13H2,1-2H3;(H2,1,2,3,4). The summed E-state index contributed by atoms with van der Waals surface area (Å²) in [6.07, 6.45) is 14.3. The molecule has 3 N–H and O–H groups in total. The normalized spacial score (nSPS) is 10.9. The van der Waals surface area contributed by atoms with Gasteiger partial charge in [0.1, 0.15) is 0 Å². The van der Waals surface area contributed by atoms with Crippen LogP contribution in [-0.2, 0) is 10.4 Å². The third-order valence-electron chi connectivity index (χ3n) is 2.78. The van der Waals surface area contributed by atoms with Crippen molar-refractivity contribution in [3.05, 3.63) is 0 Å². The predicted molar refractivity (Wildman–Crippen MR) is 79.9 cm³/mol. The average molecular weight is 297 g/mol. The summed E-state index contributed by atoms with van der Waals surface area (Å²) in [6, 6.07) is 0. The lowest BCUT2D eigenvalue weighted by molar-refractivity contribution is 0.381. The van der Waals surface area contributed by atoms with E-state index in [2.05, 4.69) is 12.2 Å². The van der Waals surface area contributed by atoms with Crippen LogP contribution in [0.2, 0.25) is 0 Å². The Morgan fingerprint density at radius 1 is 0.789 bits per heavy atom. The Bertz CT molecular complexity index is 235. The predicted octanol–water partition coefficient (Wildman–Crippen LogP) is 3.47. The van der Waals surface area contributed by atoms with Gasteiger partial charge in [0.2, 0.25) is 0 Å². The van der Waals surface area contributed by atoms with Crippen LogP contribution < -0.4 is 5.32 Å². The van der Waals surface area contributed by atoms with Crippen LogP contribution in [0.4, 0.5) is 0 Å². The first-order chi connectivity index (χ1) is 8.91. The van der Waals surface area contributed by atoms with Crippen LogP contribution in [0, 0.1) is 0 Å². The van der Waals surface area contributed by atoms with Crippen molar-refractivity contribution in [3.8, 4) is 0 Å². The fourth-order valence-corrected chi connectivity index (χ4v) is 1.79. The summed E-state index contributed by atoms with van der Waals surface area (Å²) in [6.45, 7) is 3.47. The summed E-state index contributed by atoms with van der Waals surface area (Å²) >= 11 is 0. The summed E-state index contributed by atoms with van der Waals surface area (Å²) in [4.78, 5) is 0. The van der Waals surface area contributed by atoms with Crippen molar-refractivity contribution in [2.24, 2.45) is 0 Å². The number of rotatable bonds is 11. The van der Waals surface area contributed by atoms with Gasteiger partial charge in [-0.15, -0.1) is 0 Å². The van der Waals surface area contributed by atoms with Crippen molar-refractivity contribution in [1.82, 2.24) is 5.32 Å². The second-order valence-corrected chi connectivity index (χ2v) is 5.63. The molecular formula is C13H31NO4S. The van der Waals surface area contributed by atoms with Crippen molar-refractivity contribution < 1.29 is 17.5 Å². The van der Waals surface area contributed by atoms with E-state index in [1.54, 1.807) is 0 Å². The molecular weight excluding hydrogens is 266 g/mol. The molecule has 118 valence electrons. The Labute approximate surface area is 118 Å². The zero-order valence-corrected chi connectivity index (χ0v) is 13.2. The van der Waals surface area contributed by atoms with Gasteiger partial charge in [0.15, 0.2) is 0 Å². The second-order valence-electron chi connectivity index (χ2n) is 4.73. The zero-order chi connectivity index (χ0) is 15.0. The van der Waals surface area contributed by atoms with E-state index in [-0.39, 0.29) is 0 Å². The molecule has 0 aromatic rings. The van der Waals surface area contributed by atoms with E-state index in [9.17, 15) is 0 Å². The van der Waals surface area contributed by atoms with Crippen LogP contribution in [-0.4, -0.2) is 31.1 Å². The first kappa shape index (κ1) is 21.1. The first-order valence-corrected chi connectivity index (χ1v) is 8.66. The molecule has 0 bridgehead atoms. The van der Waals surface area contributed by atoms with Gasteiger partial charge >= 0.3 is 10.4 Å². The smallest absolute Gasteiger partial charge is 0.320 e. The van der Waals surface area contributed by atoms with E-state index in [0.29, 0.717) is 0 Å². The number of hydrogen-bond donors (Lipinski definition) is 3. The zero-order valence-electron chi connectivity index (χ0n) is 12.4. The van der Waals surface area contributed by atoms with Gasteiger partial charge in [0, 0.05) is 0 Å². The van der Waals surface area contributed by atoms with Crippen LogP contribution in [0.5, 0.6) is 0 Å². The maximum Gasteiger partial charge on any atom is 0.394 e. The average Bonchev–Trinajstić information content (AvgIpc) is 2.29. The van der Waals surface area contributed by atoms with Gasteiger partial charge in [0.05, 0.1) is 0 Å². The fraction of sp³-hybridized carbons (Fsp3) is 1.00. The largest absolute Gasteiger partial charge is 0.394 e. The molecule has 0 radical (unpaired) electrons. The molecule has 0 saturated carbocycles. The Kier molecular flexibility index (Phi) is 17.7. The minimum absolute atomic E-state index is 1.19. The van der Waals surface area contributed by atoms with Crippen LogP contribution in [0.25, 0.3) is 0 Å². The fourth-order valence-electron chi connectivity index (χ4n) is 1.79. The quantitative estimate of drug-likeness (QED) is 0.401. The molecule has 19 heavy (non-hydrogen) atoms. The van der Waals surface area contributed by atoms with Crippen molar-refractivity contribution in [1.29, 1.82) is 0 Å². The van der Waals surface area contributed by atoms with Gasteiger partial charge in [-0.05, 0) is 20.0 Å². The number of unbranched alkanes of at least 4 members (excludes halogenated alkanes) is 9. The van der Waals surface area contributed by atoms with Gasteiger partial charge < -0.3 is 5.32 Å². The lowest BCUT2D eigenvalue weighted by Gasteiger charge is -2.01. The highest BCUT2D eigenvalue weighted by molar-refractivity contribution is 7.79. The topological polar surface area (TPSA) is 86.6 Å². The monoisotopic (exact) mass is 297 g/mol. The molecule has 0 aromatic carbocycles. The summed E-state index contributed by atoms with van der Waals surface area (Å²) in [5, 5.41) is 3.19. The molecule has 0 atom stereocenters. The van der Waals surface area contributed by atoms with Gasteiger partial charge in [-0.1, -0.05) is 64.7 Å². The molecule has 6 heteroatoms. The molecule has 0 rings (SSSR count). The molecule has 0 heterocycles. The lowest BCUT2D eigenvalue weighted by Crippen LogP contribution is -2.06. The van der Waals surface area contributed by atoms with Crippen molar-refractivity contribution in [3.63, 3.8) is 0 Å². The van der Waals surface area contributed by atoms with E-state index in [1.165, 1.54) is 70.8 Å². The van der Waals surface area contributed by atoms with E-state index < -0.39 is 10.4 Å². The van der Waals surface area contributed by atoms with Crippen molar-refractivity contribution in [2.75, 3.05) is 13.6 Å². The van der Waals surface area contributed by atoms with Gasteiger partial charge in [-0.2, -0.15) is 8.42 Å². The highest BCUT2D eigenvalue weighted by atomic mass is 32.3. The molecule has 5 nitrogen and oxygen atoms in total. The van der Waals surface area contributed by atoms with Crippen molar-refractivity contribution >= 4 is 10.4 Å². The van der Waals surface area contributed by atoms with E-state index >= 15 is 0 Å². The number of nitrogens with one attached hydrogen (secondary N) is 1. The maximum atomic E-state index is 8.74. The van der Waals surface area contributed by atoms with E-state index in [0.717, 1.165) is 0 Å². The third kappa shape index (κ3) is 38.1. The SMILES string of the molecule is CCCCCCCCCCCCNC.O=S(=O)(O)O. The summed E-state index contributed by atoms with van der Waals surface area (Å²) in [5.74, 6) is 0. The van der Waals surface area contributed by atoms with Crippen LogP contribution in [0.15, 0.2) is 0 Å². The van der Waals surface area contributed by atoms with Crippen LogP contribution in [0.1, 0.15) is 71.1 Å². The molecule has 0 spiro atoms. The Morgan fingerprint density at radius 3 is 1.42 bits per heavy atom. The Balaban J connectivity index is 0. The molecule has 0 amide bonds.